The van der Waals surface area contributed by atoms with Crippen molar-refractivity contribution in [3.05, 3.63) is 100 Å². The van der Waals surface area contributed by atoms with Crippen LogP contribution in [0.15, 0.2) is 82.9 Å². The SMILES string of the molecule is COC1/C=C\OC2(C)Oc3c(C)c(O)c4c(c3C2=O)C2=NC(C)(C)N(c3ccccc3)C2=C(NC(=O)/C(C)=C\C=C\C(C)C(O)C(C)C(O)C(C)C(OC(C)=O)C1C)C4=O. The number of hydrogen-bond acceptors (Lipinski definition) is 13. The van der Waals surface area contributed by atoms with Gasteiger partial charge in [-0.2, -0.15) is 0 Å². The van der Waals surface area contributed by atoms with Gasteiger partial charge in [0.1, 0.15) is 29.0 Å². The molecule has 5 bridgehead atoms. The summed E-state index contributed by atoms with van der Waals surface area (Å²) in [7, 11) is 1.46. The van der Waals surface area contributed by atoms with Gasteiger partial charge in [-0.15, -0.1) is 0 Å². The molecule has 3 aliphatic heterocycles. The molecule has 0 radical (unpaired) electrons. The summed E-state index contributed by atoms with van der Waals surface area (Å²) in [5.74, 6) is -7.47. The number of phenolic OH excluding ortho intramolecular Hbond substituents is 1. The second-order valence-electron chi connectivity index (χ2n) is 16.8. The molecule has 0 spiro atoms. The zero-order valence-corrected chi connectivity index (χ0v) is 35.9. The van der Waals surface area contributed by atoms with Crippen molar-refractivity contribution in [1.82, 2.24) is 5.32 Å². The molecular formula is C46H55N3O11. The number of esters is 1. The van der Waals surface area contributed by atoms with Crippen LogP contribution >= 0.6 is 0 Å². The molecule has 9 unspecified atom stereocenters. The fourth-order valence-electron chi connectivity index (χ4n) is 8.64. The Morgan fingerprint density at radius 3 is 2.22 bits per heavy atom. The van der Waals surface area contributed by atoms with Crippen LogP contribution < -0.4 is 15.0 Å². The van der Waals surface area contributed by atoms with Gasteiger partial charge in [-0.05, 0) is 45.9 Å². The van der Waals surface area contributed by atoms with Crippen molar-refractivity contribution in [2.45, 2.75) is 105 Å². The minimum atomic E-state index is -1.99. The maximum Gasteiger partial charge on any atom is 0.312 e. The molecule has 14 heteroatoms. The van der Waals surface area contributed by atoms with Crippen molar-refractivity contribution in [2.24, 2.45) is 28.7 Å². The average Bonchev–Trinajstić information content (AvgIpc) is 3.64. The Morgan fingerprint density at radius 2 is 1.58 bits per heavy atom. The smallest absolute Gasteiger partial charge is 0.312 e. The molecular weight excluding hydrogens is 771 g/mol. The number of aromatic hydroxyl groups is 1. The molecule has 2 aromatic rings. The number of phenols is 1. The van der Waals surface area contributed by atoms with E-state index in [0.29, 0.717) is 5.69 Å². The van der Waals surface area contributed by atoms with E-state index in [0.717, 1.165) is 0 Å². The molecule has 9 atom stereocenters. The number of methoxy groups -OCH3 is 1. The minimum Gasteiger partial charge on any atom is -0.507 e. The predicted molar refractivity (Wildman–Crippen MR) is 223 cm³/mol. The number of carbonyl (C=O) groups excluding carboxylic acids is 4. The Morgan fingerprint density at radius 1 is 0.917 bits per heavy atom. The van der Waals surface area contributed by atoms with Crippen LogP contribution in [-0.4, -0.2) is 87.4 Å². The lowest BCUT2D eigenvalue weighted by Crippen LogP contribution is -2.46. The quantitative estimate of drug-likeness (QED) is 0.272. The number of ketones is 2. The Bertz CT molecular complexity index is 2260. The lowest BCUT2D eigenvalue weighted by molar-refractivity contribution is -0.160. The molecule has 0 saturated carbocycles. The van der Waals surface area contributed by atoms with Gasteiger partial charge >= 0.3 is 11.8 Å². The van der Waals surface area contributed by atoms with Crippen molar-refractivity contribution in [3.63, 3.8) is 0 Å². The number of carbonyl (C=O) groups is 4. The van der Waals surface area contributed by atoms with E-state index in [1.165, 1.54) is 46.3 Å². The molecule has 14 nitrogen and oxygen atoms in total. The third-order valence-electron chi connectivity index (χ3n) is 12.1. The van der Waals surface area contributed by atoms with Crippen molar-refractivity contribution in [2.75, 3.05) is 12.0 Å². The van der Waals surface area contributed by atoms with Gasteiger partial charge in [0.15, 0.2) is 0 Å². The number of benzene rings is 2. The fourth-order valence-corrected chi connectivity index (χ4v) is 8.64. The number of amides is 1. The van der Waals surface area contributed by atoms with Crippen LogP contribution in [0.4, 0.5) is 5.69 Å². The molecule has 4 aliphatic rings. The van der Waals surface area contributed by atoms with Crippen LogP contribution in [-0.2, 0) is 23.8 Å². The number of hydrogen-bond donors (Lipinski definition) is 4. The number of ether oxygens (including phenoxy) is 4. The molecule has 1 amide bonds. The number of nitrogens with zero attached hydrogens (tertiary/aromatic N) is 2. The number of aliphatic imine (C=N–C) groups is 1. The van der Waals surface area contributed by atoms with Crippen molar-refractivity contribution >= 4 is 34.8 Å². The summed E-state index contributed by atoms with van der Waals surface area (Å²) in [5.41, 5.74) is -0.0364. The number of fused-ring (bicyclic) bond motifs is 3. The summed E-state index contributed by atoms with van der Waals surface area (Å²) in [6, 6.07) is 9.17. The second kappa shape index (κ2) is 16.5. The Hall–Kier alpha value is -5.57. The molecule has 0 aromatic heterocycles. The van der Waals surface area contributed by atoms with Gasteiger partial charge in [0.2, 0.25) is 5.78 Å². The highest BCUT2D eigenvalue weighted by Crippen LogP contribution is 2.51. The molecule has 2 aromatic carbocycles. The van der Waals surface area contributed by atoms with Gasteiger partial charge in [-0.1, -0.05) is 64.1 Å². The first-order valence-corrected chi connectivity index (χ1v) is 20.1. The van der Waals surface area contributed by atoms with Crippen LogP contribution in [0, 0.1) is 30.6 Å². The summed E-state index contributed by atoms with van der Waals surface area (Å²) in [6.07, 6.45) is 3.79. The highest BCUT2D eigenvalue weighted by atomic mass is 16.7. The van der Waals surface area contributed by atoms with Crippen LogP contribution in [0.25, 0.3) is 0 Å². The Kier molecular flexibility index (Phi) is 12.1. The number of anilines is 1. The third kappa shape index (κ3) is 7.56. The summed E-state index contributed by atoms with van der Waals surface area (Å²) >= 11 is 0. The van der Waals surface area contributed by atoms with Gasteiger partial charge in [0, 0.05) is 67.0 Å². The zero-order chi connectivity index (χ0) is 44.2. The van der Waals surface area contributed by atoms with Gasteiger partial charge in [0.25, 0.3) is 11.7 Å². The van der Waals surface area contributed by atoms with E-state index >= 15 is 0 Å². The van der Waals surface area contributed by atoms with Crippen LogP contribution in [0.5, 0.6) is 11.5 Å². The summed E-state index contributed by atoms with van der Waals surface area (Å²) < 4.78 is 23.9. The van der Waals surface area contributed by atoms with Gasteiger partial charge in [-0.25, -0.2) is 0 Å². The highest BCUT2D eigenvalue weighted by molar-refractivity contribution is 6.35. The number of para-hydroxylation sites is 1. The van der Waals surface area contributed by atoms with E-state index in [9.17, 15) is 34.5 Å². The second-order valence-corrected chi connectivity index (χ2v) is 16.8. The van der Waals surface area contributed by atoms with Gasteiger partial charge < -0.3 is 44.5 Å². The van der Waals surface area contributed by atoms with E-state index < -0.39 is 88.7 Å². The first kappa shape index (κ1) is 44.0. The third-order valence-corrected chi connectivity index (χ3v) is 12.1. The molecule has 3 heterocycles. The summed E-state index contributed by atoms with van der Waals surface area (Å²) in [4.78, 5) is 62.8. The Labute approximate surface area is 350 Å². The lowest BCUT2D eigenvalue weighted by Gasteiger charge is -2.38. The molecule has 320 valence electrons. The zero-order valence-electron chi connectivity index (χ0n) is 35.9. The Balaban J connectivity index is 1.55. The maximum absolute atomic E-state index is 14.9. The molecule has 4 N–H and O–H groups in total. The predicted octanol–water partition coefficient (Wildman–Crippen LogP) is 5.82. The topological polar surface area (TPSA) is 194 Å². The number of Topliss-reactive ketones (excluding diaryl/α,β-unsaturated/α-hetero) is 2. The average molecular weight is 826 g/mol. The number of nitrogens with one attached hydrogen (secondary N) is 1. The molecule has 0 fully saturated rings. The van der Waals surface area contributed by atoms with E-state index in [-0.39, 0.29) is 50.7 Å². The van der Waals surface area contributed by atoms with Crippen molar-refractivity contribution in [1.29, 1.82) is 0 Å². The largest absolute Gasteiger partial charge is 0.507 e. The fraction of sp³-hybridized carbons (Fsp3) is 0.457. The van der Waals surface area contributed by atoms with Gasteiger partial charge in [0.05, 0.1) is 47.1 Å². The molecule has 0 saturated heterocycles. The summed E-state index contributed by atoms with van der Waals surface area (Å²) in [6.45, 7) is 16.4. The van der Waals surface area contributed by atoms with E-state index in [2.05, 4.69) is 5.32 Å². The van der Waals surface area contributed by atoms with Gasteiger partial charge in [-0.3, -0.25) is 24.2 Å². The number of aliphatic hydroxyl groups excluding tert-OH is 2. The number of rotatable bonds is 3. The lowest BCUT2D eigenvalue weighted by atomic mass is 9.78. The highest BCUT2D eigenvalue weighted by Gasteiger charge is 2.55. The van der Waals surface area contributed by atoms with Crippen LogP contribution in [0.3, 0.4) is 0 Å². The molecule has 60 heavy (non-hydrogen) atoms. The number of allylic oxidation sites excluding steroid dienone is 4. The van der Waals surface area contributed by atoms with Crippen molar-refractivity contribution < 1.29 is 53.4 Å². The summed E-state index contributed by atoms with van der Waals surface area (Å²) in [5, 5.41) is 37.6. The maximum atomic E-state index is 14.9. The normalized spacial score (nSPS) is 32.5. The molecule has 6 rings (SSSR count). The van der Waals surface area contributed by atoms with Crippen molar-refractivity contribution in [3.8, 4) is 11.5 Å². The molecule has 1 aliphatic carbocycles. The van der Waals surface area contributed by atoms with Crippen LogP contribution in [0.1, 0.15) is 94.2 Å². The van der Waals surface area contributed by atoms with E-state index in [4.69, 9.17) is 23.9 Å². The monoisotopic (exact) mass is 825 g/mol. The first-order chi connectivity index (χ1) is 28.2. The minimum absolute atomic E-state index is 0.00136. The first-order valence-electron chi connectivity index (χ1n) is 20.1. The number of aliphatic hydroxyl groups is 2. The van der Waals surface area contributed by atoms with Crippen LogP contribution in [0.2, 0.25) is 0 Å². The standard InChI is InChI=1S/C46H55N3O11/c1-22-16-15-17-23(2)44(56)47-35-36-34(48-45(8,9)49(36)29-18-13-12-14-19-29)31-32(40(35)54)39(53)27(6)42-33(31)43(55)46(10,60-42)58-21-20-30(57-11)24(3)41(59-28(7)50)26(5)38(52)25(4)37(22)51/h12-22,24-26,30,37-38,41,51-53H,1-11H3,(H,47,56)/b16-15+,21-20-,23-17-. The van der Waals surface area contributed by atoms with E-state index in [1.807, 2.05) is 44.2 Å². The van der Waals surface area contributed by atoms with E-state index in [1.54, 1.807) is 51.7 Å².